The topological polar surface area (TPSA) is 103 Å². The lowest BCUT2D eigenvalue weighted by atomic mass is 10.1. The number of carbonyl (C=O) groups is 2. The van der Waals surface area contributed by atoms with Gasteiger partial charge in [0.15, 0.2) is 0 Å². The minimum Gasteiger partial charge on any atom is -0.508 e. The predicted octanol–water partition coefficient (Wildman–Crippen LogP) is -0.0358. The van der Waals surface area contributed by atoms with Crippen LogP contribution in [0.5, 0.6) is 5.75 Å². The first kappa shape index (κ1) is 12.7. The Hall–Kier alpha value is -2.70. The molecule has 19 heavy (non-hydrogen) atoms. The molecule has 0 aromatic heterocycles. The fourth-order valence-corrected chi connectivity index (χ4v) is 1.51. The van der Waals surface area contributed by atoms with Crippen molar-refractivity contribution in [1.82, 2.24) is 10.9 Å². The number of nitrogens with one attached hydrogen (secondary N) is 2. The van der Waals surface area contributed by atoms with E-state index in [0.29, 0.717) is 5.56 Å². The lowest BCUT2D eigenvalue weighted by Crippen LogP contribution is -2.32. The molecular formula is C12H12N4O3. The Labute approximate surface area is 109 Å². The molecule has 0 radical (unpaired) electrons. The van der Waals surface area contributed by atoms with Gasteiger partial charge in [0.2, 0.25) is 5.91 Å². The monoisotopic (exact) mass is 260 g/mol. The third kappa shape index (κ3) is 2.95. The SMILES string of the molecule is C[C@H]1C(=O)NN=C1C(=O)N/N=C/c1cccc(O)c1. The third-order valence-electron chi connectivity index (χ3n) is 2.57. The van der Waals surface area contributed by atoms with E-state index in [0.717, 1.165) is 0 Å². The summed E-state index contributed by atoms with van der Waals surface area (Å²) in [5.41, 5.74) is 5.22. The molecule has 1 aromatic rings. The fourth-order valence-electron chi connectivity index (χ4n) is 1.51. The summed E-state index contributed by atoms with van der Waals surface area (Å²) in [5, 5.41) is 16.6. The van der Waals surface area contributed by atoms with Gasteiger partial charge in [0.1, 0.15) is 11.5 Å². The van der Waals surface area contributed by atoms with E-state index >= 15 is 0 Å². The van der Waals surface area contributed by atoms with Crippen LogP contribution in [0.25, 0.3) is 0 Å². The van der Waals surface area contributed by atoms with Gasteiger partial charge in [-0.15, -0.1) is 0 Å². The molecule has 0 aliphatic carbocycles. The number of nitrogens with zero attached hydrogens (tertiary/aromatic N) is 2. The molecule has 1 atom stereocenters. The zero-order valence-electron chi connectivity index (χ0n) is 10.1. The predicted molar refractivity (Wildman–Crippen MR) is 68.6 cm³/mol. The van der Waals surface area contributed by atoms with Crippen molar-refractivity contribution < 1.29 is 14.7 Å². The highest BCUT2D eigenvalue weighted by Crippen LogP contribution is 2.09. The number of hydrogen-bond acceptors (Lipinski definition) is 5. The Morgan fingerprint density at radius 1 is 1.58 bits per heavy atom. The first-order chi connectivity index (χ1) is 9.08. The van der Waals surface area contributed by atoms with Gasteiger partial charge in [-0.05, 0) is 24.6 Å². The molecule has 0 bridgehead atoms. The molecule has 7 heteroatoms. The summed E-state index contributed by atoms with van der Waals surface area (Å²) in [6.07, 6.45) is 1.38. The van der Waals surface area contributed by atoms with Crippen LogP contribution in [-0.4, -0.2) is 28.8 Å². The maximum atomic E-state index is 11.7. The highest BCUT2D eigenvalue weighted by Gasteiger charge is 2.30. The molecule has 2 amide bonds. The molecule has 0 fully saturated rings. The molecule has 0 saturated heterocycles. The number of phenols is 1. The molecular weight excluding hydrogens is 248 g/mol. The number of hydrogen-bond donors (Lipinski definition) is 3. The van der Waals surface area contributed by atoms with Gasteiger partial charge in [-0.25, -0.2) is 10.9 Å². The van der Waals surface area contributed by atoms with Gasteiger partial charge in [-0.3, -0.25) is 9.59 Å². The van der Waals surface area contributed by atoms with E-state index in [1.165, 1.54) is 18.3 Å². The average molecular weight is 260 g/mol. The van der Waals surface area contributed by atoms with Crippen molar-refractivity contribution in [2.75, 3.05) is 0 Å². The van der Waals surface area contributed by atoms with Crippen molar-refractivity contribution in [3.63, 3.8) is 0 Å². The minimum atomic E-state index is -0.587. The summed E-state index contributed by atoms with van der Waals surface area (Å²) < 4.78 is 0. The van der Waals surface area contributed by atoms with Crippen LogP contribution in [0.4, 0.5) is 0 Å². The first-order valence-corrected chi connectivity index (χ1v) is 5.58. The number of aromatic hydroxyl groups is 1. The van der Waals surface area contributed by atoms with Crippen LogP contribution in [0.15, 0.2) is 34.5 Å². The van der Waals surface area contributed by atoms with Crippen molar-refractivity contribution in [2.45, 2.75) is 6.92 Å². The number of amides is 2. The van der Waals surface area contributed by atoms with Crippen molar-refractivity contribution in [3.8, 4) is 5.75 Å². The highest BCUT2D eigenvalue weighted by atomic mass is 16.3. The van der Waals surface area contributed by atoms with Gasteiger partial charge < -0.3 is 5.11 Å². The number of carbonyl (C=O) groups excluding carboxylic acids is 2. The summed E-state index contributed by atoms with van der Waals surface area (Å²) in [7, 11) is 0. The highest BCUT2D eigenvalue weighted by molar-refractivity contribution is 6.44. The number of rotatable bonds is 3. The molecule has 0 saturated carbocycles. The van der Waals surface area contributed by atoms with Crippen LogP contribution >= 0.6 is 0 Å². The largest absolute Gasteiger partial charge is 0.508 e. The zero-order chi connectivity index (χ0) is 13.8. The Balaban J connectivity index is 1.96. The van der Waals surface area contributed by atoms with Crippen LogP contribution in [0.3, 0.4) is 0 Å². The van der Waals surface area contributed by atoms with Gasteiger partial charge in [-0.2, -0.15) is 10.2 Å². The van der Waals surface area contributed by atoms with Crippen LogP contribution < -0.4 is 10.9 Å². The Bertz CT molecular complexity index is 580. The van der Waals surface area contributed by atoms with E-state index in [2.05, 4.69) is 21.1 Å². The molecule has 1 heterocycles. The van der Waals surface area contributed by atoms with E-state index in [9.17, 15) is 14.7 Å². The minimum absolute atomic E-state index is 0.0954. The van der Waals surface area contributed by atoms with Crippen molar-refractivity contribution in [1.29, 1.82) is 0 Å². The quantitative estimate of drug-likeness (QED) is 0.525. The Kier molecular flexibility index (Phi) is 3.56. The van der Waals surface area contributed by atoms with Gasteiger partial charge in [-0.1, -0.05) is 12.1 Å². The van der Waals surface area contributed by atoms with E-state index in [4.69, 9.17) is 0 Å². The first-order valence-electron chi connectivity index (χ1n) is 5.58. The van der Waals surface area contributed by atoms with E-state index in [1.807, 2.05) is 0 Å². The second-order valence-corrected chi connectivity index (χ2v) is 3.99. The molecule has 7 nitrogen and oxygen atoms in total. The summed E-state index contributed by atoms with van der Waals surface area (Å²) in [6, 6.07) is 6.40. The van der Waals surface area contributed by atoms with E-state index in [1.54, 1.807) is 19.1 Å². The number of phenolic OH excluding ortho intramolecular Hbond substituents is 1. The maximum absolute atomic E-state index is 11.7. The lowest BCUT2D eigenvalue weighted by Gasteiger charge is -2.01. The fraction of sp³-hybridized carbons (Fsp3) is 0.167. The Morgan fingerprint density at radius 2 is 2.37 bits per heavy atom. The summed E-state index contributed by atoms with van der Waals surface area (Å²) in [4.78, 5) is 22.8. The van der Waals surface area contributed by atoms with Gasteiger partial charge in [0.25, 0.3) is 5.91 Å². The average Bonchev–Trinajstić information content (AvgIpc) is 2.70. The van der Waals surface area contributed by atoms with E-state index < -0.39 is 11.8 Å². The molecule has 1 aliphatic heterocycles. The number of hydrazone groups is 2. The normalized spacial score (nSPS) is 18.3. The van der Waals surface area contributed by atoms with Gasteiger partial charge in [0.05, 0.1) is 12.1 Å². The molecule has 0 spiro atoms. The Morgan fingerprint density at radius 3 is 3.00 bits per heavy atom. The maximum Gasteiger partial charge on any atom is 0.288 e. The smallest absolute Gasteiger partial charge is 0.288 e. The molecule has 2 rings (SSSR count). The zero-order valence-corrected chi connectivity index (χ0v) is 10.1. The molecule has 1 aliphatic rings. The van der Waals surface area contributed by atoms with Crippen molar-refractivity contribution >= 4 is 23.7 Å². The standard InChI is InChI=1S/C12H12N4O3/c1-7-10(14-16-11(7)18)12(19)15-13-6-8-3-2-4-9(17)5-8/h2-7,17H,1H3,(H,15,19)(H,16,18)/b13-6+/t7-/m1/s1. The molecule has 1 aromatic carbocycles. The van der Waals surface area contributed by atoms with Crippen LogP contribution in [0.2, 0.25) is 0 Å². The van der Waals surface area contributed by atoms with Gasteiger partial charge in [0, 0.05) is 0 Å². The summed E-state index contributed by atoms with van der Waals surface area (Å²) in [6.45, 7) is 1.58. The van der Waals surface area contributed by atoms with Crippen LogP contribution in [0.1, 0.15) is 12.5 Å². The van der Waals surface area contributed by atoms with Crippen LogP contribution in [0, 0.1) is 5.92 Å². The third-order valence-corrected chi connectivity index (χ3v) is 2.57. The van der Waals surface area contributed by atoms with Crippen molar-refractivity contribution in [2.24, 2.45) is 16.1 Å². The summed E-state index contributed by atoms with van der Waals surface area (Å²) in [5.74, 6) is -1.33. The lowest BCUT2D eigenvalue weighted by molar-refractivity contribution is -0.122. The molecule has 98 valence electrons. The van der Waals surface area contributed by atoms with E-state index in [-0.39, 0.29) is 17.4 Å². The molecule has 0 unspecified atom stereocenters. The molecule has 3 N–H and O–H groups in total. The second kappa shape index (κ2) is 5.30. The van der Waals surface area contributed by atoms with Crippen molar-refractivity contribution in [3.05, 3.63) is 29.8 Å². The number of benzene rings is 1. The second-order valence-electron chi connectivity index (χ2n) is 3.99. The van der Waals surface area contributed by atoms with Gasteiger partial charge >= 0.3 is 0 Å². The summed E-state index contributed by atoms with van der Waals surface area (Å²) >= 11 is 0. The van der Waals surface area contributed by atoms with Crippen LogP contribution in [-0.2, 0) is 9.59 Å².